The van der Waals surface area contributed by atoms with Crippen LogP contribution in [0.3, 0.4) is 0 Å². The minimum Gasteiger partial charge on any atom is -0.504 e. The van der Waals surface area contributed by atoms with Crippen molar-refractivity contribution in [3.05, 3.63) is 54.1 Å². The minimum absolute atomic E-state index is 0.166. The second kappa shape index (κ2) is 4.05. The van der Waals surface area contributed by atoms with Crippen molar-refractivity contribution in [3.63, 3.8) is 0 Å². The lowest BCUT2D eigenvalue weighted by molar-refractivity contribution is 0.409. The third kappa shape index (κ3) is 2.10. The number of benzene rings is 2. The van der Waals surface area contributed by atoms with E-state index < -0.39 is 0 Å². The lowest BCUT2D eigenvalue weighted by Gasteiger charge is -2.09. The molecule has 0 bridgehead atoms. The number of para-hydroxylation sites is 2. The fourth-order valence-electron chi connectivity index (χ4n) is 1.38. The van der Waals surface area contributed by atoms with E-state index >= 15 is 0 Å². The van der Waals surface area contributed by atoms with E-state index in [0.29, 0.717) is 5.75 Å². The molecule has 0 radical (unpaired) electrons. The van der Waals surface area contributed by atoms with E-state index in [9.17, 15) is 5.11 Å². The summed E-state index contributed by atoms with van der Waals surface area (Å²) in [4.78, 5) is 0. The lowest BCUT2D eigenvalue weighted by atomic mass is 10.2. The summed E-state index contributed by atoms with van der Waals surface area (Å²) in [5, 5.41) is 9.63. The molecule has 0 saturated carbocycles. The van der Waals surface area contributed by atoms with Crippen LogP contribution in [0, 0.1) is 6.92 Å². The van der Waals surface area contributed by atoms with Crippen LogP contribution in [0.1, 0.15) is 5.56 Å². The van der Waals surface area contributed by atoms with E-state index in [2.05, 4.69) is 0 Å². The zero-order chi connectivity index (χ0) is 10.7. The summed E-state index contributed by atoms with van der Waals surface area (Å²) in [6.45, 7) is 1.90. The first-order chi connectivity index (χ1) is 7.27. The molecule has 2 heteroatoms. The van der Waals surface area contributed by atoms with Crippen molar-refractivity contribution in [1.82, 2.24) is 0 Å². The summed E-state index contributed by atoms with van der Waals surface area (Å²) in [6.07, 6.45) is 0. The molecule has 0 spiro atoms. The minimum atomic E-state index is 0.166. The number of aromatic hydroxyl groups is 1. The Bertz CT molecular complexity index is 429. The van der Waals surface area contributed by atoms with Crippen LogP contribution in [-0.2, 0) is 0 Å². The lowest BCUT2D eigenvalue weighted by Crippen LogP contribution is -1.87. The molecule has 0 aromatic heterocycles. The number of rotatable bonds is 2. The normalized spacial score (nSPS) is 9.93. The Morgan fingerprint density at radius 1 is 0.933 bits per heavy atom. The van der Waals surface area contributed by atoms with Crippen LogP contribution in [0.2, 0.25) is 0 Å². The van der Waals surface area contributed by atoms with Gasteiger partial charge in [-0.15, -0.1) is 0 Å². The third-order valence-corrected chi connectivity index (χ3v) is 2.15. The number of aryl methyl sites for hydroxylation is 1. The first kappa shape index (κ1) is 9.59. The molecule has 0 aliphatic carbocycles. The molecular formula is C13H12O2. The molecule has 2 aromatic rings. The van der Waals surface area contributed by atoms with Gasteiger partial charge in [0.1, 0.15) is 5.75 Å². The molecule has 2 nitrogen and oxygen atoms in total. The summed E-state index contributed by atoms with van der Waals surface area (Å²) in [5.41, 5.74) is 0.916. The maximum atomic E-state index is 9.63. The summed E-state index contributed by atoms with van der Waals surface area (Å²) < 4.78 is 5.59. The van der Waals surface area contributed by atoms with Gasteiger partial charge in [-0.2, -0.15) is 0 Å². The maximum Gasteiger partial charge on any atom is 0.171 e. The van der Waals surface area contributed by atoms with Gasteiger partial charge in [-0.3, -0.25) is 0 Å². The van der Waals surface area contributed by atoms with Crippen molar-refractivity contribution in [2.75, 3.05) is 0 Å². The SMILES string of the molecule is Cc1cccc(O)c1Oc1ccccc1. The Hall–Kier alpha value is -1.96. The summed E-state index contributed by atoms with van der Waals surface area (Å²) in [5.74, 6) is 1.41. The largest absolute Gasteiger partial charge is 0.504 e. The number of phenols is 1. The highest BCUT2D eigenvalue weighted by atomic mass is 16.5. The summed E-state index contributed by atoms with van der Waals surface area (Å²) in [6, 6.07) is 14.7. The van der Waals surface area contributed by atoms with E-state index in [4.69, 9.17) is 4.74 Å². The quantitative estimate of drug-likeness (QED) is 0.804. The fourth-order valence-corrected chi connectivity index (χ4v) is 1.38. The van der Waals surface area contributed by atoms with Crippen LogP contribution in [-0.4, -0.2) is 5.11 Å². The summed E-state index contributed by atoms with van der Waals surface area (Å²) in [7, 11) is 0. The third-order valence-electron chi connectivity index (χ3n) is 2.15. The average Bonchev–Trinajstić information content (AvgIpc) is 2.25. The number of hydrogen-bond acceptors (Lipinski definition) is 2. The summed E-state index contributed by atoms with van der Waals surface area (Å²) >= 11 is 0. The number of phenolic OH excluding ortho intramolecular Hbond substituents is 1. The fraction of sp³-hybridized carbons (Fsp3) is 0.0769. The standard InChI is InChI=1S/C13H12O2/c1-10-6-5-9-12(14)13(10)15-11-7-3-2-4-8-11/h2-9,14H,1H3. The molecular weight excluding hydrogens is 188 g/mol. The molecule has 0 aliphatic rings. The second-order valence-electron chi connectivity index (χ2n) is 3.34. The zero-order valence-electron chi connectivity index (χ0n) is 8.47. The molecule has 0 fully saturated rings. The van der Waals surface area contributed by atoms with E-state index in [1.165, 1.54) is 0 Å². The molecule has 0 aliphatic heterocycles. The maximum absolute atomic E-state index is 9.63. The van der Waals surface area contributed by atoms with Crippen LogP contribution >= 0.6 is 0 Å². The molecule has 0 saturated heterocycles. The van der Waals surface area contributed by atoms with Gasteiger partial charge < -0.3 is 9.84 Å². The van der Waals surface area contributed by atoms with Gasteiger partial charge in [0.2, 0.25) is 0 Å². The van der Waals surface area contributed by atoms with E-state index in [1.54, 1.807) is 12.1 Å². The Balaban J connectivity index is 2.32. The van der Waals surface area contributed by atoms with Crippen molar-refractivity contribution in [2.45, 2.75) is 6.92 Å². The van der Waals surface area contributed by atoms with Gasteiger partial charge in [0.25, 0.3) is 0 Å². The molecule has 0 heterocycles. The molecule has 15 heavy (non-hydrogen) atoms. The molecule has 0 atom stereocenters. The van der Waals surface area contributed by atoms with Crippen molar-refractivity contribution < 1.29 is 9.84 Å². The second-order valence-corrected chi connectivity index (χ2v) is 3.34. The predicted molar refractivity (Wildman–Crippen MR) is 59.4 cm³/mol. The zero-order valence-corrected chi connectivity index (χ0v) is 8.47. The van der Waals surface area contributed by atoms with Gasteiger partial charge in [-0.25, -0.2) is 0 Å². The predicted octanol–water partition coefficient (Wildman–Crippen LogP) is 3.49. The monoisotopic (exact) mass is 200 g/mol. The Morgan fingerprint density at radius 2 is 1.67 bits per heavy atom. The van der Waals surface area contributed by atoms with Crippen LogP contribution in [0.25, 0.3) is 0 Å². The Labute approximate surface area is 88.8 Å². The van der Waals surface area contributed by atoms with Gasteiger partial charge in [-0.1, -0.05) is 30.3 Å². The highest BCUT2D eigenvalue weighted by molar-refractivity contribution is 5.47. The molecule has 2 rings (SSSR count). The van der Waals surface area contributed by atoms with Crippen LogP contribution in [0.15, 0.2) is 48.5 Å². The van der Waals surface area contributed by atoms with Crippen molar-refractivity contribution in [1.29, 1.82) is 0 Å². The molecule has 2 aromatic carbocycles. The van der Waals surface area contributed by atoms with Crippen molar-refractivity contribution in [3.8, 4) is 17.2 Å². The topological polar surface area (TPSA) is 29.5 Å². The average molecular weight is 200 g/mol. The van der Waals surface area contributed by atoms with Gasteiger partial charge >= 0.3 is 0 Å². The van der Waals surface area contributed by atoms with Crippen LogP contribution in [0.5, 0.6) is 17.2 Å². The first-order valence-corrected chi connectivity index (χ1v) is 4.79. The van der Waals surface area contributed by atoms with Crippen LogP contribution in [0.4, 0.5) is 0 Å². The smallest absolute Gasteiger partial charge is 0.171 e. The van der Waals surface area contributed by atoms with Gasteiger partial charge in [0.05, 0.1) is 0 Å². The molecule has 1 N–H and O–H groups in total. The first-order valence-electron chi connectivity index (χ1n) is 4.79. The van der Waals surface area contributed by atoms with E-state index in [0.717, 1.165) is 11.3 Å². The van der Waals surface area contributed by atoms with Gasteiger partial charge in [-0.05, 0) is 30.7 Å². The molecule has 76 valence electrons. The van der Waals surface area contributed by atoms with Crippen LogP contribution < -0.4 is 4.74 Å². The molecule has 0 unspecified atom stereocenters. The van der Waals surface area contributed by atoms with Gasteiger partial charge in [0.15, 0.2) is 11.5 Å². The van der Waals surface area contributed by atoms with E-state index in [1.807, 2.05) is 43.3 Å². The Kier molecular flexibility index (Phi) is 2.59. The Morgan fingerprint density at radius 3 is 2.33 bits per heavy atom. The van der Waals surface area contributed by atoms with Crippen molar-refractivity contribution >= 4 is 0 Å². The molecule has 0 amide bonds. The van der Waals surface area contributed by atoms with E-state index in [-0.39, 0.29) is 5.75 Å². The van der Waals surface area contributed by atoms with Crippen molar-refractivity contribution in [2.24, 2.45) is 0 Å². The number of hydrogen-bond donors (Lipinski definition) is 1. The highest BCUT2D eigenvalue weighted by Gasteiger charge is 2.05. The number of ether oxygens (including phenoxy) is 1. The van der Waals surface area contributed by atoms with Gasteiger partial charge in [0, 0.05) is 0 Å². The highest BCUT2D eigenvalue weighted by Crippen LogP contribution is 2.33.